The van der Waals surface area contributed by atoms with Crippen molar-refractivity contribution in [1.29, 1.82) is 0 Å². The minimum atomic E-state index is -0.114. The van der Waals surface area contributed by atoms with Crippen LogP contribution >= 0.6 is 0 Å². The van der Waals surface area contributed by atoms with Crippen LogP contribution in [-0.4, -0.2) is 33.3 Å². The molecule has 3 aromatic rings. The van der Waals surface area contributed by atoms with Crippen LogP contribution in [0.25, 0.3) is 16.5 Å². The molecular weight excluding hydrogens is 322 g/mol. The van der Waals surface area contributed by atoms with Crippen molar-refractivity contribution >= 4 is 10.8 Å². The molecule has 1 saturated heterocycles. The van der Waals surface area contributed by atoms with Gasteiger partial charge >= 0.3 is 0 Å². The molecule has 4 nitrogen and oxygen atoms in total. The molecule has 2 unspecified atom stereocenters. The SMILES string of the molecule is CC1CCC(C)N1CCc1ccc2cc(-n3ncccc3=O)ccc2c1. The number of benzene rings is 2. The molecule has 1 aliphatic rings. The molecule has 0 saturated carbocycles. The van der Waals surface area contributed by atoms with Gasteiger partial charge in [-0.1, -0.05) is 24.3 Å². The molecule has 0 aliphatic carbocycles. The molecule has 2 aromatic carbocycles. The van der Waals surface area contributed by atoms with E-state index in [4.69, 9.17) is 0 Å². The Morgan fingerprint density at radius 1 is 1.00 bits per heavy atom. The van der Waals surface area contributed by atoms with Crippen LogP contribution in [0.4, 0.5) is 0 Å². The highest BCUT2D eigenvalue weighted by Crippen LogP contribution is 2.24. The van der Waals surface area contributed by atoms with Gasteiger partial charge in [0.2, 0.25) is 0 Å². The van der Waals surface area contributed by atoms with Gasteiger partial charge in [-0.3, -0.25) is 9.69 Å². The highest BCUT2D eigenvalue weighted by Gasteiger charge is 2.26. The van der Waals surface area contributed by atoms with Gasteiger partial charge in [0.25, 0.3) is 5.56 Å². The molecule has 26 heavy (non-hydrogen) atoms. The van der Waals surface area contributed by atoms with E-state index in [2.05, 4.69) is 48.1 Å². The lowest BCUT2D eigenvalue weighted by molar-refractivity contribution is 0.217. The summed E-state index contributed by atoms with van der Waals surface area (Å²) in [5.41, 5.74) is 2.06. The van der Waals surface area contributed by atoms with Crippen molar-refractivity contribution in [3.05, 3.63) is 70.6 Å². The Morgan fingerprint density at radius 2 is 1.73 bits per heavy atom. The molecule has 0 bridgehead atoms. The number of hydrogen-bond acceptors (Lipinski definition) is 3. The van der Waals surface area contributed by atoms with Gasteiger partial charge in [0.1, 0.15) is 0 Å². The first kappa shape index (κ1) is 17.0. The Morgan fingerprint density at radius 3 is 2.50 bits per heavy atom. The Kier molecular flexibility index (Phi) is 4.60. The summed E-state index contributed by atoms with van der Waals surface area (Å²) < 4.78 is 1.43. The summed E-state index contributed by atoms with van der Waals surface area (Å²) in [6.07, 6.45) is 5.34. The third kappa shape index (κ3) is 3.29. The first-order chi connectivity index (χ1) is 12.6. The van der Waals surface area contributed by atoms with Crippen LogP contribution in [0, 0.1) is 0 Å². The van der Waals surface area contributed by atoms with Crippen molar-refractivity contribution in [3.63, 3.8) is 0 Å². The zero-order valence-electron chi connectivity index (χ0n) is 15.4. The van der Waals surface area contributed by atoms with Crippen LogP contribution < -0.4 is 5.56 Å². The summed E-state index contributed by atoms with van der Waals surface area (Å²) in [6.45, 7) is 5.80. The van der Waals surface area contributed by atoms with E-state index in [0.29, 0.717) is 12.1 Å². The fourth-order valence-corrected chi connectivity index (χ4v) is 4.07. The topological polar surface area (TPSA) is 38.1 Å². The van der Waals surface area contributed by atoms with Gasteiger partial charge in [-0.25, -0.2) is 0 Å². The molecule has 0 radical (unpaired) electrons. The van der Waals surface area contributed by atoms with Crippen molar-refractivity contribution in [2.45, 2.75) is 45.2 Å². The lowest BCUT2D eigenvalue weighted by atomic mass is 10.0. The first-order valence-corrected chi connectivity index (χ1v) is 9.45. The smallest absolute Gasteiger partial charge is 0.271 e. The van der Waals surface area contributed by atoms with Crippen molar-refractivity contribution in [2.24, 2.45) is 0 Å². The van der Waals surface area contributed by atoms with Gasteiger partial charge in [-0.05, 0) is 67.6 Å². The molecule has 1 aromatic heterocycles. The number of aromatic nitrogens is 2. The molecule has 4 rings (SSSR count). The summed E-state index contributed by atoms with van der Waals surface area (Å²) in [7, 11) is 0. The molecule has 0 N–H and O–H groups in total. The number of nitrogens with zero attached hydrogens (tertiary/aromatic N) is 3. The molecule has 134 valence electrons. The molecular formula is C22H25N3O. The maximum Gasteiger partial charge on any atom is 0.271 e. The monoisotopic (exact) mass is 347 g/mol. The van der Waals surface area contributed by atoms with Crippen molar-refractivity contribution < 1.29 is 0 Å². The second-order valence-corrected chi connectivity index (χ2v) is 7.40. The number of rotatable bonds is 4. The molecule has 1 aliphatic heterocycles. The Bertz CT molecular complexity index is 968. The molecule has 0 amide bonds. The van der Waals surface area contributed by atoms with Gasteiger partial charge in [0.15, 0.2) is 0 Å². The van der Waals surface area contributed by atoms with Crippen molar-refractivity contribution in [1.82, 2.24) is 14.7 Å². The summed E-state index contributed by atoms with van der Waals surface area (Å²) in [6, 6.07) is 17.3. The maximum atomic E-state index is 12.0. The third-order valence-electron chi connectivity index (χ3n) is 5.64. The van der Waals surface area contributed by atoms with Gasteiger partial charge in [-0.2, -0.15) is 9.78 Å². The van der Waals surface area contributed by atoms with E-state index >= 15 is 0 Å². The third-order valence-corrected chi connectivity index (χ3v) is 5.64. The number of likely N-dealkylation sites (tertiary alicyclic amines) is 1. The lowest BCUT2D eigenvalue weighted by Gasteiger charge is -2.25. The summed E-state index contributed by atoms with van der Waals surface area (Å²) in [5.74, 6) is 0. The highest BCUT2D eigenvalue weighted by atomic mass is 16.1. The van der Waals surface area contributed by atoms with E-state index in [1.165, 1.54) is 34.5 Å². The normalized spacial score (nSPS) is 20.7. The van der Waals surface area contributed by atoms with Crippen LogP contribution in [0.1, 0.15) is 32.3 Å². The van der Waals surface area contributed by atoms with Crippen LogP contribution in [0.5, 0.6) is 0 Å². The van der Waals surface area contributed by atoms with E-state index < -0.39 is 0 Å². The fraction of sp³-hybridized carbons (Fsp3) is 0.364. The van der Waals surface area contributed by atoms with Crippen LogP contribution in [-0.2, 0) is 6.42 Å². The van der Waals surface area contributed by atoms with Gasteiger partial charge in [0, 0.05) is 30.9 Å². The fourth-order valence-electron chi connectivity index (χ4n) is 4.07. The molecule has 1 fully saturated rings. The zero-order chi connectivity index (χ0) is 18.1. The van der Waals surface area contributed by atoms with E-state index in [0.717, 1.165) is 24.0 Å². The molecule has 2 heterocycles. The predicted octanol–water partition coefficient (Wildman–Crippen LogP) is 3.80. The Labute approximate surface area is 154 Å². The first-order valence-electron chi connectivity index (χ1n) is 9.45. The average Bonchev–Trinajstić information content (AvgIpc) is 2.98. The van der Waals surface area contributed by atoms with E-state index in [9.17, 15) is 4.79 Å². The van der Waals surface area contributed by atoms with Gasteiger partial charge in [0.05, 0.1) is 5.69 Å². The van der Waals surface area contributed by atoms with Crippen LogP contribution in [0.3, 0.4) is 0 Å². The van der Waals surface area contributed by atoms with E-state index in [1.807, 2.05) is 12.1 Å². The van der Waals surface area contributed by atoms with Crippen LogP contribution in [0.2, 0.25) is 0 Å². The standard InChI is InChI=1S/C22H25N3O/c1-16-5-6-17(2)24(16)13-11-18-7-8-20-15-21(10-9-19(20)14-18)25-22(26)4-3-12-23-25/h3-4,7-10,12,14-17H,5-6,11,13H2,1-2H3. The summed E-state index contributed by atoms with van der Waals surface area (Å²) in [5, 5.41) is 6.50. The van der Waals surface area contributed by atoms with Gasteiger partial charge in [-0.15, -0.1) is 0 Å². The van der Waals surface area contributed by atoms with Crippen molar-refractivity contribution in [3.8, 4) is 5.69 Å². The maximum absolute atomic E-state index is 12.0. The lowest BCUT2D eigenvalue weighted by Crippen LogP contribution is -2.34. The Balaban J connectivity index is 1.56. The number of fused-ring (bicyclic) bond motifs is 1. The minimum Gasteiger partial charge on any atom is -0.298 e. The minimum absolute atomic E-state index is 0.114. The molecule has 2 atom stereocenters. The van der Waals surface area contributed by atoms with Crippen molar-refractivity contribution in [2.75, 3.05) is 6.54 Å². The molecule has 0 spiro atoms. The Hall–Kier alpha value is -2.46. The zero-order valence-corrected chi connectivity index (χ0v) is 15.4. The number of hydrogen-bond donors (Lipinski definition) is 0. The largest absolute Gasteiger partial charge is 0.298 e. The second kappa shape index (κ2) is 7.04. The average molecular weight is 347 g/mol. The summed E-state index contributed by atoms with van der Waals surface area (Å²) in [4.78, 5) is 14.6. The molecule has 4 heteroatoms. The summed E-state index contributed by atoms with van der Waals surface area (Å²) >= 11 is 0. The van der Waals surface area contributed by atoms with E-state index in [-0.39, 0.29) is 5.56 Å². The predicted molar refractivity (Wildman–Crippen MR) is 106 cm³/mol. The highest BCUT2D eigenvalue weighted by molar-refractivity contribution is 5.85. The van der Waals surface area contributed by atoms with Crippen LogP contribution in [0.15, 0.2) is 59.5 Å². The second-order valence-electron chi connectivity index (χ2n) is 7.40. The van der Waals surface area contributed by atoms with Gasteiger partial charge < -0.3 is 0 Å². The quantitative estimate of drug-likeness (QED) is 0.720. The van der Waals surface area contributed by atoms with E-state index in [1.54, 1.807) is 12.3 Å².